The van der Waals surface area contributed by atoms with Crippen molar-refractivity contribution in [3.05, 3.63) is 0 Å². The van der Waals surface area contributed by atoms with Gasteiger partial charge >= 0.3 is 0 Å². The largest absolute Gasteiger partial charge is 0.361 e. The van der Waals surface area contributed by atoms with Crippen LogP contribution >= 0.6 is 11.8 Å². The normalized spacial score (nSPS) is 26.4. The van der Waals surface area contributed by atoms with Crippen molar-refractivity contribution < 1.29 is 0 Å². The Balaban J connectivity index is 1.68. The molecule has 20 heavy (non-hydrogen) atoms. The molecule has 0 bridgehead atoms. The lowest BCUT2D eigenvalue weighted by Gasteiger charge is -2.29. The second kappa shape index (κ2) is 7.17. The van der Waals surface area contributed by atoms with Crippen molar-refractivity contribution in [3.8, 4) is 0 Å². The molecule has 0 aromatic rings. The number of nitrogens with zero attached hydrogens (tertiary/aromatic N) is 2. The maximum Gasteiger partial charge on any atom is 0.157 e. The summed E-state index contributed by atoms with van der Waals surface area (Å²) < 4.78 is 0. The van der Waals surface area contributed by atoms with Crippen LogP contribution in [-0.2, 0) is 0 Å². The fraction of sp³-hybridized carbons (Fsp3) is 0.938. The van der Waals surface area contributed by atoms with E-state index < -0.39 is 0 Å². The Morgan fingerprint density at radius 3 is 2.65 bits per heavy atom. The topological polar surface area (TPSA) is 27.6 Å². The molecule has 0 saturated carbocycles. The first-order chi connectivity index (χ1) is 9.42. The van der Waals surface area contributed by atoms with E-state index in [1.807, 2.05) is 11.8 Å². The molecule has 1 fully saturated rings. The van der Waals surface area contributed by atoms with E-state index in [0.29, 0.717) is 16.7 Å². The Bertz CT molecular complexity index is 329. The molecule has 1 N–H and O–H groups in total. The second-order valence-electron chi connectivity index (χ2n) is 7.56. The molecule has 0 spiro atoms. The lowest BCUT2D eigenvalue weighted by atomic mass is 9.90. The molecule has 2 heterocycles. The van der Waals surface area contributed by atoms with E-state index in [0.717, 1.165) is 13.1 Å². The molecular formula is C16H31N3S. The standard InChI is InChI=1S/C16H31N3S/c1-13(12-19-8-6-5-7-9-19)18-15-17-11-14(20-15)10-16(2,3)4/h13-14H,5-12H2,1-4H3,(H,17,18). The van der Waals surface area contributed by atoms with Crippen molar-refractivity contribution >= 4 is 16.9 Å². The fourth-order valence-electron chi connectivity index (χ4n) is 3.07. The van der Waals surface area contributed by atoms with Gasteiger partial charge in [-0.3, -0.25) is 4.99 Å². The van der Waals surface area contributed by atoms with Crippen LogP contribution in [0.3, 0.4) is 0 Å². The highest BCUT2D eigenvalue weighted by Gasteiger charge is 2.25. The van der Waals surface area contributed by atoms with Crippen LogP contribution in [0.4, 0.5) is 0 Å². The second-order valence-corrected chi connectivity index (χ2v) is 8.85. The molecular weight excluding hydrogens is 266 g/mol. The maximum atomic E-state index is 4.68. The first-order valence-corrected chi connectivity index (χ1v) is 9.00. The zero-order chi connectivity index (χ0) is 14.6. The van der Waals surface area contributed by atoms with E-state index in [9.17, 15) is 0 Å². The van der Waals surface area contributed by atoms with Gasteiger partial charge in [0.2, 0.25) is 0 Å². The maximum absolute atomic E-state index is 4.68. The van der Waals surface area contributed by atoms with Gasteiger partial charge in [-0.05, 0) is 44.7 Å². The summed E-state index contributed by atoms with van der Waals surface area (Å²) in [6.07, 6.45) is 5.40. The predicted molar refractivity (Wildman–Crippen MR) is 90.6 cm³/mol. The summed E-state index contributed by atoms with van der Waals surface area (Å²) in [4.78, 5) is 7.28. The molecule has 116 valence electrons. The number of likely N-dealkylation sites (tertiary alicyclic amines) is 1. The van der Waals surface area contributed by atoms with Gasteiger partial charge in [-0.1, -0.05) is 39.0 Å². The first kappa shape index (κ1) is 16.2. The molecule has 2 unspecified atom stereocenters. The Morgan fingerprint density at radius 2 is 2.00 bits per heavy atom. The summed E-state index contributed by atoms with van der Waals surface area (Å²) in [6.45, 7) is 13.9. The van der Waals surface area contributed by atoms with Crippen molar-refractivity contribution in [2.45, 2.75) is 64.7 Å². The third kappa shape index (κ3) is 5.65. The van der Waals surface area contributed by atoms with Gasteiger partial charge in [-0.2, -0.15) is 0 Å². The van der Waals surface area contributed by atoms with Crippen molar-refractivity contribution in [3.63, 3.8) is 0 Å². The van der Waals surface area contributed by atoms with Crippen LogP contribution < -0.4 is 5.32 Å². The van der Waals surface area contributed by atoms with Gasteiger partial charge in [-0.15, -0.1) is 0 Å². The van der Waals surface area contributed by atoms with Crippen LogP contribution in [0, 0.1) is 5.41 Å². The Labute approximate surface area is 129 Å². The molecule has 2 aliphatic rings. The summed E-state index contributed by atoms with van der Waals surface area (Å²) in [6, 6.07) is 0.507. The Hall–Kier alpha value is -0.220. The summed E-state index contributed by atoms with van der Waals surface area (Å²) in [5.74, 6) is 0. The monoisotopic (exact) mass is 297 g/mol. The fourth-order valence-corrected chi connectivity index (χ4v) is 4.54. The summed E-state index contributed by atoms with van der Waals surface area (Å²) in [5.41, 5.74) is 0.405. The molecule has 4 heteroatoms. The van der Waals surface area contributed by atoms with E-state index >= 15 is 0 Å². The van der Waals surface area contributed by atoms with E-state index in [1.54, 1.807) is 0 Å². The minimum Gasteiger partial charge on any atom is -0.361 e. The average Bonchev–Trinajstić information content (AvgIpc) is 2.75. The van der Waals surface area contributed by atoms with Crippen LogP contribution in [0.1, 0.15) is 53.4 Å². The molecule has 0 aromatic heterocycles. The highest BCUT2D eigenvalue weighted by molar-refractivity contribution is 8.14. The number of piperidine rings is 1. The summed E-state index contributed by atoms with van der Waals surface area (Å²) in [7, 11) is 0. The quantitative estimate of drug-likeness (QED) is 0.862. The summed E-state index contributed by atoms with van der Waals surface area (Å²) >= 11 is 1.95. The predicted octanol–water partition coefficient (Wildman–Crippen LogP) is 3.36. The van der Waals surface area contributed by atoms with Gasteiger partial charge in [0.25, 0.3) is 0 Å². The number of hydrogen-bond acceptors (Lipinski definition) is 4. The van der Waals surface area contributed by atoms with E-state index in [-0.39, 0.29) is 0 Å². The molecule has 2 atom stereocenters. The first-order valence-electron chi connectivity index (χ1n) is 8.12. The molecule has 2 aliphatic heterocycles. The molecule has 1 saturated heterocycles. The number of thioether (sulfide) groups is 1. The average molecular weight is 298 g/mol. The smallest absolute Gasteiger partial charge is 0.157 e. The van der Waals surface area contributed by atoms with Crippen LogP contribution in [0.5, 0.6) is 0 Å². The third-order valence-corrected chi connectivity index (χ3v) is 5.03. The lowest BCUT2D eigenvalue weighted by molar-refractivity contribution is 0.215. The highest BCUT2D eigenvalue weighted by Crippen LogP contribution is 2.31. The van der Waals surface area contributed by atoms with Gasteiger partial charge < -0.3 is 10.2 Å². The zero-order valence-corrected chi connectivity index (χ0v) is 14.4. The van der Waals surface area contributed by atoms with Crippen molar-refractivity contribution in [1.29, 1.82) is 0 Å². The number of nitrogens with one attached hydrogen (secondary N) is 1. The van der Waals surface area contributed by atoms with Crippen molar-refractivity contribution in [2.75, 3.05) is 26.2 Å². The molecule has 0 aromatic carbocycles. The number of aliphatic imine (C=N–C) groups is 1. The molecule has 2 rings (SSSR count). The zero-order valence-electron chi connectivity index (χ0n) is 13.6. The van der Waals surface area contributed by atoms with Crippen molar-refractivity contribution in [1.82, 2.24) is 10.2 Å². The Kier molecular flexibility index (Phi) is 5.79. The Morgan fingerprint density at radius 1 is 1.30 bits per heavy atom. The van der Waals surface area contributed by atoms with Gasteiger partial charge in [-0.25, -0.2) is 0 Å². The van der Waals surface area contributed by atoms with Crippen LogP contribution in [0.25, 0.3) is 0 Å². The SMILES string of the molecule is CC(CN1CCCCC1)NC1=NCC(CC(C)(C)C)S1. The van der Waals surface area contributed by atoms with E-state index in [1.165, 1.54) is 43.9 Å². The number of hydrogen-bond donors (Lipinski definition) is 1. The minimum absolute atomic E-state index is 0.405. The van der Waals surface area contributed by atoms with Gasteiger partial charge in [0.15, 0.2) is 5.17 Å². The van der Waals surface area contributed by atoms with Crippen LogP contribution in [0.15, 0.2) is 4.99 Å². The number of rotatable bonds is 4. The molecule has 3 nitrogen and oxygen atoms in total. The number of amidine groups is 1. The highest BCUT2D eigenvalue weighted by atomic mass is 32.2. The molecule has 0 aliphatic carbocycles. The van der Waals surface area contributed by atoms with Crippen LogP contribution in [0.2, 0.25) is 0 Å². The third-order valence-electron chi connectivity index (χ3n) is 3.91. The molecule has 0 amide bonds. The van der Waals surface area contributed by atoms with E-state index in [4.69, 9.17) is 0 Å². The lowest BCUT2D eigenvalue weighted by Crippen LogP contribution is -2.42. The van der Waals surface area contributed by atoms with Gasteiger partial charge in [0, 0.05) is 17.8 Å². The minimum atomic E-state index is 0.405. The summed E-state index contributed by atoms with van der Waals surface area (Å²) in [5, 5.41) is 5.45. The van der Waals surface area contributed by atoms with Gasteiger partial charge in [0.05, 0.1) is 6.54 Å². The van der Waals surface area contributed by atoms with Crippen molar-refractivity contribution in [2.24, 2.45) is 10.4 Å². The van der Waals surface area contributed by atoms with Gasteiger partial charge in [0.1, 0.15) is 0 Å². The molecule has 0 radical (unpaired) electrons. The van der Waals surface area contributed by atoms with E-state index in [2.05, 4.69) is 42.9 Å². The van der Waals surface area contributed by atoms with Crippen LogP contribution in [-0.4, -0.2) is 47.5 Å².